The van der Waals surface area contributed by atoms with Crippen molar-refractivity contribution in [3.05, 3.63) is 17.0 Å². The van der Waals surface area contributed by atoms with Crippen molar-refractivity contribution in [1.29, 1.82) is 0 Å². The van der Waals surface area contributed by atoms with Gasteiger partial charge < -0.3 is 14.7 Å². The predicted octanol–water partition coefficient (Wildman–Crippen LogP) is 1.26. The van der Waals surface area contributed by atoms with Crippen LogP contribution in [0.4, 0.5) is 0 Å². The SMILES string of the molecule is CC(C)N1CCC[C@@]2(CCN(C(=O)c3n[nH]c4c3CN(C)CC4)C2)C1=O. The van der Waals surface area contributed by atoms with Crippen molar-refractivity contribution in [1.82, 2.24) is 24.9 Å². The Bertz CT molecular complexity index is 728. The largest absolute Gasteiger partial charge is 0.340 e. The first-order chi connectivity index (χ1) is 12.4. The van der Waals surface area contributed by atoms with E-state index in [0.717, 1.165) is 56.6 Å². The highest BCUT2D eigenvalue weighted by Gasteiger charge is 2.50. The minimum atomic E-state index is -0.384. The van der Waals surface area contributed by atoms with E-state index in [1.165, 1.54) is 0 Å². The van der Waals surface area contributed by atoms with Crippen LogP contribution in [0, 0.1) is 5.41 Å². The molecule has 0 radical (unpaired) electrons. The molecule has 2 amide bonds. The maximum Gasteiger partial charge on any atom is 0.274 e. The molecular formula is C19H29N5O2. The second-order valence-corrected chi connectivity index (χ2v) is 8.47. The molecule has 0 saturated carbocycles. The zero-order valence-corrected chi connectivity index (χ0v) is 16.0. The Labute approximate surface area is 154 Å². The molecule has 0 unspecified atom stereocenters. The summed E-state index contributed by atoms with van der Waals surface area (Å²) in [6, 6.07) is 0.221. The van der Waals surface area contributed by atoms with Crippen molar-refractivity contribution < 1.29 is 9.59 Å². The summed E-state index contributed by atoms with van der Waals surface area (Å²) in [7, 11) is 2.07. The zero-order chi connectivity index (χ0) is 18.5. The number of hydrogen-bond donors (Lipinski definition) is 1. The minimum Gasteiger partial charge on any atom is -0.340 e. The number of H-pyrrole nitrogens is 1. The number of nitrogens with one attached hydrogen (secondary N) is 1. The van der Waals surface area contributed by atoms with Gasteiger partial charge in [0.1, 0.15) is 0 Å². The van der Waals surface area contributed by atoms with E-state index in [-0.39, 0.29) is 23.3 Å². The number of fused-ring (bicyclic) bond motifs is 1. The topological polar surface area (TPSA) is 72.5 Å². The highest BCUT2D eigenvalue weighted by molar-refractivity contribution is 5.95. The van der Waals surface area contributed by atoms with Crippen molar-refractivity contribution >= 4 is 11.8 Å². The van der Waals surface area contributed by atoms with E-state index in [9.17, 15) is 9.59 Å². The molecule has 142 valence electrons. The Morgan fingerprint density at radius 1 is 1.23 bits per heavy atom. The standard InChI is InChI=1S/C19H29N5O2/c1-13(2)24-8-4-6-19(18(24)26)7-10-23(12-19)17(25)16-14-11-22(3)9-5-15(14)20-21-16/h13H,4-12H2,1-3H3,(H,20,21)/t19-/m0/s1. The van der Waals surface area contributed by atoms with E-state index in [4.69, 9.17) is 0 Å². The lowest BCUT2D eigenvalue weighted by Crippen LogP contribution is -2.52. The van der Waals surface area contributed by atoms with E-state index < -0.39 is 0 Å². The molecule has 26 heavy (non-hydrogen) atoms. The summed E-state index contributed by atoms with van der Waals surface area (Å²) in [5.41, 5.74) is 2.28. The number of aromatic amines is 1. The number of likely N-dealkylation sites (N-methyl/N-ethyl adjacent to an activating group) is 1. The molecule has 1 aromatic rings. The van der Waals surface area contributed by atoms with Crippen LogP contribution in [0.5, 0.6) is 0 Å². The monoisotopic (exact) mass is 359 g/mol. The molecule has 1 atom stereocenters. The maximum absolute atomic E-state index is 13.1. The third kappa shape index (κ3) is 2.73. The molecule has 4 heterocycles. The maximum atomic E-state index is 13.1. The van der Waals surface area contributed by atoms with Gasteiger partial charge in [-0.3, -0.25) is 14.7 Å². The summed E-state index contributed by atoms with van der Waals surface area (Å²) >= 11 is 0. The van der Waals surface area contributed by atoms with Crippen LogP contribution in [0.15, 0.2) is 0 Å². The van der Waals surface area contributed by atoms with Crippen molar-refractivity contribution in [2.24, 2.45) is 5.41 Å². The van der Waals surface area contributed by atoms with Crippen molar-refractivity contribution in [2.45, 2.75) is 52.1 Å². The quantitative estimate of drug-likeness (QED) is 0.863. The molecule has 2 fully saturated rings. The van der Waals surface area contributed by atoms with Crippen LogP contribution >= 0.6 is 0 Å². The molecule has 3 aliphatic rings. The smallest absolute Gasteiger partial charge is 0.274 e. The number of piperidine rings is 1. The fraction of sp³-hybridized carbons (Fsp3) is 0.737. The van der Waals surface area contributed by atoms with Gasteiger partial charge in [0, 0.05) is 56.4 Å². The molecule has 2 saturated heterocycles. The first-order valence-corrected chi connectivity index (χ1v) is 9.76. The fourth-order valence-electron chi connectivity index (χ4n) is 4.77. The molecule has 1 N–H and O–H groups in total. The number of rotatable bonds is 2. The minimum absolute atomic E-state index is 0.0239. The summed E-state index contributed by atoms with van der Waals surface area (Å²) in [4.78, 5) is 32.3. The van der Waals surface area contributed by atoms with Crippen LogP contribution in [0.3, 0.4) is 0 Å². The van der Waals surface area contributed by atoms with Crippen molar-refractivity contribution in [3.63, 3.8) is 0 Å². The van der Waals surface area contributed by atoms with Gasteiger partial charge in [-0.2, -0.15) is 5.10 Å². The highest BCUT2D eigenvalue weighted by atomic mass is 16.2. The second-order valence-electron chi connectivity index (χ2n) is 8.47. The van der Waals surface area contributed by atoms with E-state index >= 15 is 0 Å². The Morgan fingerprint density at radius 3 is 2.81 bits per heavy atom. The van der Waals surface area contributed by atoms with Gasteiger partial charge in [0.25, 0.3) is 5.91 Å². The van der Waals surface area contributed by atoms with Gasteiger partial charge in [-0.05, 0) is 40.2 Å². The Morgan fingerprint density at radius 2 is 2.04 bits per heavy atom. The fourth-order valence-corrected chi connectivity index (χ4v) is 4.77. The van der Waals surface area contributed by atoms with E-state index in [2.05, 4.69) is 36.0 Å². The van der Waals surface area contributed by atoms with E-state index in [1.807, 2.05) is 9.80 Å². The third-order valence-corrected chi connectivity index (χ3v) is 6.36. The lowest BCUT2D eigenvalue weighted by Gasteiger charge is -2.41. The molecule has 1 spiro atoms. The summed E-state index contributed by atoms with van der Waals surface area (Å²) in [5, 5.41) is 7.39. The summed E-state index contributed by atoms with van der Waals surface area (Å²) in [6.45, 7) is 7.90. The number of amides is 2. The molecule has 7 heteroatoms. The Hall–Kier alpha value is -1.89. The van der Waals surface area contributed by atoms with Gasteiger partial charge in [0.15, 0.2) is 5.69 Å². The second kappa shape index (κ2) is 6.37. The number of carbonyl (C=O) groups is 2. The van der Waals surface area contributed by atoms with Crippen LogP contribution < -0.4 is 0 Å². The van der Waals surface area contributed by atoms with Crippen LogP contribution in [0.2, 0.25) is 0 Å². The lowest BCUT2D eigenvalue weighted by molar-refractivity contribution is -0.147. The van der Waals surface area contributed by atoms with Gasteiger partial charge in [0.2, 0.25) is 5.91 Å². The average molecular weight is 359 g/mol. The van der Waals surface area contributed by atoms with Crippen LogP contribution in [-0.2, 0) is 17.8 Å². The van der Waals surface area contributed by atoms with E-state index in [0.29, 0.717) is 18.8 Å². The summed E-state index contributed by atoms with van der Waals surface area (Å²) in [6.07, 6.45) is 3.58. The number of aromatic nitrogens is 2. The summed E-state index contributed by atoms with van der Waals surface area (Å²) < 4.78 is 0. The van der Waals surface area contributed by atoms with Crippen LogP contribution in [0.1, 0.15) is 54.9 Å². The van der Waals surface area contributed by atoms with Crippen molar-refractivity contribution in [2.75, 3.05) is 33.2 Å². The first-order valence-electron chi connectivity index (χ1n) is 9.76. The van der Waals surface area contributed by atoms with E-state index in [1.54, 1.807) is 0 Å². The zero-order valence-electron chi connectivity index (χ0n) is 16.0. The average Bonchev–Trinajstić information content (AvgIpc) is 3.21. The predicted molar refractivity (Wildman–Crippen MR) is 97.7 cm³/mol. The van der Waals surface area contributed by atoms with Gasteiger partial charge >= 0.3 is 0 Å². The molecule has 3 aliphatic heterocycles. The van der Waals surface area contributed by atoms with Crippen LogP contribution in [-0.4, -0.2) is 76.0 Å². The van der Waals surface area contributed by atoms with Crippen molar-refractivity contribution in [3.8, 4) is 0 Å². The first kappa shape index (κ1) is 17.5. The molecule has 7 nitrogen and oxygen atoms in total. The Kier molecular flexibility index (Phi) is 4.29. The molecule has 4 rings (SSSR count). The number of nitrogens with zero attached hydrogens (tertiary/aromatic N) is 4. The molecule has 0 aromatic carbocycles. The third-order valence-electron chi connectivity index (χ3n) is 6.36. The van der Waals surface area contributed by atoms with Gasteiger partial charge in [-0.15, -0.1) is 0 Å². The molecular weight excluding hydrogens is 330 g/mol. The summed E-state index contributed by atoms with van der Waals surface area (Å²) in [5.74, 6) is 0.210. The Balaban J connectivity index is 1.53. The molecule has 0 aliphatic carbocycles. The van der Waals surface area contributed by atoms with Gasteiger partial charge in [-0.25, -0.2) is 0 Å². The lowest BCUT2D eigenvalue weighted by atomic mass is 9.78. The molecule has 1 aromatic heterocycles. The van der Waals surface area contributed by atoms with Gasteiger partial charge in [0.05, 0.1) is 5.41 Å². The highest BCUT2D eigenvalue weighted by Crippen LogP contribution is 2.41. The van der Waals surface area contributed by atoms with Crippen LogP contribution in [0.25, 0.3) is 0 Å². The number of carbonyl (C=O) groups excluding carboxylic acids is 2. The normalized spacial score (nSPS) is 26.8. The molecule has 0 bridgehead atoms. The number of likely N-dealkylation sites (tertiary alicyclic amines) is 2. The van der Waals surface area contributed by atoms with Gasteiger partial charge in [-0.1, -0.05) is 0 Å². The number of hydrogen-bond acceptors (Lipinski definition) is 4.